The van der Waals surface area contributed by atoms with Crippen molar-refractivity contribution in [3.8, 4) is 0 Å². The lowest BCUT2D eigenvalue weighted by Crippen LogP contribution is -2.33. The van der Waals surface area contributed by atoms with E-state index >= 15 is 0 Å². The number of benzene rings is 1. The highest BCUT2D eigenvalue weighted by atomic mass is 32.2. The van der Waals surface area contributed by atoms with Gasteiger partial charge in [-0.1, -0.05) is 30.3 Å². The standard InChI is InChI=1S/C12H15NO3S/c1-13(7-12(15)16)11(14)9-17-8-10-5-3-2-4-6-10/h2-6H,7-9H2,1H3,(H,15,16). The summed E-state index contributed by atoms with van der Waals surface area (Å²) in [6.45, 7) is -0.245. The van der Waals surface area contributed by atoms with E-state index in [1.54, 1.807) is 0 Å². The number of hydrogen-bond donors (Lipinski definition) is 1. The van der Waals surface area contributed by atoms with Gasteiger partial charge < -0.3 is 10.0 Å². The molecule has 0 aliphatic rings. The fraction of sp³-hybridized carbons (Fsp3) is 0.333. The minimum Gasteiger partial charge on any atom is -0.480 e. The second kappa shape index (κ2) is 6.96. The van der Waals surface area contributed by atoms with E-state index < -0.39 is 5.97 Å². The van der Waals surface area contributed by atoms with Gasteiger partial charge in [0.05, 0.1) is 5.75 Å². The van der Waals surface area contributed by atoms with Crippen LogP contribution >= 0.6 is 11.8 Å². The lowest BCUT2D eigenvalue weighted by molar-refractivity contribution is -0.142. The first-order valence-corrected chi connectivity index (χ1v) is 6.32. The zero-order valence-electron chi connectivity index (χ0n) is 9.63. The van der Waals surface area contributed by atoms with Crippen LogP contribution in [0.1, 0.15) is 5.56 Å². The second-order valence-electron chi connectivity index (χ2n) is 3.62. The van der Waals surface area contributed by atoms with Gasteiger partial charge in [-0.25, -0.2) is 0 Å². The maximum Gasteiger partial charge on any atom is 0.323 e. The van der Waals surface area contributed by atoms with Crippen LogP contribution in [0.2, 0.25) is 0 Å². The molecule has 0 aromatic heterocycles. The van der Waals surface area contributed by atoms with Gasteiger partial charge in [0.1, 0.15) is 6.54 Å². The van der Waals surface area contributed by atoms with E-state index in [2.05, 4.69) is 0 Å². The summed E-state index contributed by atoms with van der Waals surface area (Å²) in [5.41, 5.74) is 1.16. The maximum atomic E-state index is 11.5. The molecule has 1 rings (SSSR count). The molecule has 0 bridgehead atoms. The maximum absolute atomic E-state index is 11.5. The van der Waals surface area contributed by atoms with E-state index in [-0.39, 0.29) is 12.5 Å². The van der Waals surface area contributed by atoms with E-state index in [4.69, 9.17) is 5.11 Å². The minimum atomic E-state index is -0.992. The Balaban J connectivity index is 2.27. The molecular weight excluding hydrogens is 238 g/mol. The Labute approximate surface area is 105 Å². The second-order valence-corrected chi connectivity index (χ2v) is 4.61. The number of carbonyl (C=O) groups excluding carboxylic acids is 1. The Bertz CT molecular complexity index is 381. The average Bonchev–Trinajstić information content (AvgIpc) is 2.29. The molecule has 0 saturated carbocycles. The predicted molar refractivity (Wildman–Crippen MR) is 67.9 cm³/mol. The molecule has 0 heterocycles. The van der Waals surface area contributed by atoms with Crippen LogP contribution in [0.4, 0.5) is 0 Å². The molecular formula is C12H15NO3S. The fourth-order valence-corrected chi connectivity index (χ4v) is 2.16. The van der Waals surface area contributed by atoms with Crippen molar-refractivity contribution in [3.63, 3.8) is 0 Å². The van der Waals surface area contributed by atoms with Crippen molar-refractivity contribution in [2.45, 2.75) is 5.75 Å². The zero-order valence-corrected chi connectivity index (χ0v) is 10.4. The summed E-state index contributed by atoms with van der Waals surface area (Å²) < 4.78 is 0. The zero-order chi connectivity index (χ0) is 12.7. The Morgan fingerprint density at radius 1 is 1.29 bits per heavy atom. The third kappa shape index (κ3) is 5.40. The van der Waals surface area contributed by atoms with Crippen molar-refractivity contribution >= 4 is 23.6 Å². The van der Waals surface area contributed by atoms with E-state index in [0.717, 1.165) is 11.3 Å². The first-order chi connectivity index (χ1) is 8.09. The number of carboxylic acids is 1. The van der Waals surface area contributed by atoms with Crippen LogP contribution in [-0.2, 0) is 15.3 Å². The Morgan fingerprint density at radius 3 is 2.53 bits per heavy atom. The molecule has 5 heteroatoms. The third-order valence-electron chi connectivity index (χ3n) is 2.14. The van der Waals surface area contributed by atoms with Crippen LogP contribution in [0.3, 0.4) is 0 Å². The fourth-order valence-electron chi connectivity index (χ4n) is 1.23. The summed E-state index contributed by atoms with van der Waals surface area (Å²) in [5.74, 6) is -0.0890. The molecule has 0 spiro atoms. The smallest absolute Gasteiger partial charge is 0.323 e. The normalized spacial score (nSPS) is 9.94. The number of carbonyl (C=O) groups is 2. The van der Waals surface area contributed by atoms with E-state index in [1.165, 1.54) is 23.7 Å². The summed E-state index contributed by atoms with van der Waals surface area (Å²) >= 11 is 1.49. The molecule has 1 aromatic carbocycles. The van der Waals surface area contributed by atoms with Gasteiger partial charge in [-0.3, -0.25) is 9.59 Å². The van der Waals surface area contributed by atoms with Crippen molar-refractivity contribution in [2.24, 2.45) is 0 Å². The lowest BCUT2D eigenvalue weighted by Gasteiger charge is -2.13. The van der Waals surface area contributed by atoms with Gasteiger partial charge in [-0.2, -0.15) is 0 Å². The molecule has 0 fully saturated rings. The molecule has 0 atom stereocenters. The highest BCUT2D eigenvalue weighted by molar-refractivity contribution is 7.99. The van der Waals surface area contributed by atoms with E-state index in [0.29, 0.717) is 5.75 Å². The quantitative estimate of drug-likeness (QED) is 0.834. The Kier molecular flexibility index (Phi) is 5.56. The number of hydrogen-bond acceptors (Lipinski definition) is 3. The average molecular weight is 253 g/mol. The van der Waals surface area contributed by atoms with Crippen molar-refractivity contribution < 1.29 is 14.7 Å². The largest absolute Gasteiger partial charge is 0.480 e. The molecule has 0 radical (unpaired) electrons. The number of carboxylic acid groups (broad SMARTS) is 1. The topological polar surface area (TPSA) is 57.6 Å². The SMILES string of the molecule is CN(CC(=O)O)C(=O)CSCc1ccccc1. The first kappa shape index (κ1) is 13.6. The van der Waals surface area contributed by atoms with Crippen molar-refractivity contribution in [1.82, 2.24) is 4.90 Å². The summed E-state index contributed by atoms with van der Waals surface area (Å²) in [7, 11) is 1.50. The lowest BCUT2D eigenvalue weighted by atomic mass is 10.2. The van der Waals surface area contributed by atoms with E-state index in [9.17, 15) is 9.59 Å². The number of amides is 1. The molecule has 0 unspecified atom stereocenters. The van der Waals surface area contributed by atoms with Crippen LogP contribution in [0.25, 0.3) is 0 Å². The number of aliphatic carboxylic acids is 1. The monoisotopic (exact) mass is 253 g/mol. The first-order valence-electron chi connectivity index (χ1n) is 5.17. The minimum absolute atomic E-state index is 0.159. The highest BCUT2D eigenvalue weighted by Gasteiger charge is 2.11. The highest BCUT2D eigenvalue weighted by Crippen LogP contribution is 2.11. The summed E-state index contributed by atoms with van der Waals surface area (Å²) in [6.07, 6.45) is 0. The number of nitrogens with zero attached hydrogens (tertiary/aromatic N) is 1. The number of thioether (sulfide) groups is 1. The van der Waals surface area contributed by atoms with Crippen molar-refractivity contribution in [1.29, 1.82) is 0 Å². The summed E-state index contributed by atoms with van der Waals surface area (Å²) in [4.78, 5) is 23.1. The molecule has 17 heavy (non-hydrogen) atoms. The van der Waals surface area contributed by atoms with Crippen LogP contribution < -0.4 is 0 Å². The van der Waals surface area contributed by atoms with Gasteiger partial charge in [0, 0.05) is 12.8 Å². The van der Waals surface area contributed by atoms with Gasteiger partial charge in [-0.05, 0) is 5.56 Å². The van der Waals surface area contributed by atoms with Gasteiger partial charge in [0.15, 0.2) is 0 Å². The Morgan fingerprint density at radius 2 is 1.94 bits per heavy atom. The Hall–Kier alpha value is -1.49. The summed E-state index contributed by atoms with van der Waals surface area (Å²) in [5, 5.41) is 8.54. The van der Waals surface area contributed by atoms with Crippen molar-refractivity contribution in [3.05, 3.63) is 35.9 Å². The van der Waals surface area contributed by atoms with Gasteiger partial charge in [-0.15, -0.1) is 11.8 Å². The molecule has 0 aliphatic carbocycles. The van der Waals surface area contributed by atoms with Gasteiger partial charge >= 0.3 is 5.97 Å². The molecule has 92 valence electrons. The van der Waals surface area contributed by atoms with Gasteiger partial charge in [0.2, 0.25) is 5.91 Å². The molecule has 0 saturated heterocycles. The third-order valence-corrected chi connectivity index (χ3v) is 3.12. The van der Waals surface area contributed by atoms with Crippen LogP contribution in [-0.4, -0.2) is 41.2 Å². The van der Waals surface area contributed by atoms with Crippen LogP contribution in [0.15, 0.2) is 30.3 Å². The van der Waals surface area contributed by atoms with E-state index in [1.807, 2.05) is 30.3 Å². The number of likely N-dealkylation sites (N-methyl/N-ethyl adjacent to an activating group) is 1. The summed E-state index contributed by atoms with van der Waals surface area (Å²) in [6, 6.07) is 9.85. The van der Waals surface area contributed by atoms with Crippen molar-refractivity contribution in [2.75, 3.05) is 19.3 Å². The molecule has 1 amide bonds. The molecule has 4 nitrogen and oxygen atoms in total. The van der Waals surface area contributed by atoms with Gasteiger partial charge in [0.25, 0.3) is 0 Å². The molecule has 0 aliphatic heterocycles. The molecule has 1 N–H and O–H groups in total. The predicted octanol–water partition coefficient (Wildman–Crippen LogP) is 1.46. The van der Waals surface area contributed by atoms with Crippen LogP contribution in [0, 0.1) is 0 Å². The number of rotatable bonds is 6. The van der Waals surface area contributed by atoms with Crippen LogP contribution in [0.5, 0.6) is 0 Å². The molecule has 1 aromatic rings.